The van der Waals surface area contributed by atoms with Crippen molar-refractivity contribution in [3.05, 3.63) is 57.5 Å². The zero-order valence-corrected chi connectivity index (χ0v) is 15.4. The van der Waals surface area contributed by atoms with E-state index in [1.807, 2.05) is 19.1 Å². The average molecular weight is 411 g/mol. The number of hydrogen-bond acceptors (Lipinski definition) is 2. The number of amides is 3. The molecule has 0 aliphatic heterocycles. The van der Waals surface area contributed by atoms with Gasteiger partial charge in [-0.15, -0.1) is 0 Å². The van der Waals surface area contributed by atoms with E-state index in [2.05, 4.69) is 31.9 Å². The van der Waals surface area contributed by atoms with Crippen LogP contribution in [0.4, 0.5) is 16.2 Å². The molecule has 24 heavy (non-hydrogen) atoms. The van der Waals surface area contributed by atoms with E-state index < -0.39 is 0 Å². The maximum atomic E-state index is 11.9. The first kappa shape index (κ1) is 18.3. The van der Waals surface area contributed by atoms with Crippen molar-refractivity contribution in [2.75, 3.05) is 17.2 Å². The fraction of sp³-hybridized carbons (Fsp3) is 0.176. The van der Waals surface area contributed by atoms with Crippen LogP contribution in [0, 0.1) is 6.92 Å². The van der Waals surface area contributed by atoms with Crippen molar-refractivity contribution >= 4 is 50.8 Å². The van der Waals surface area contributed by atoms with Crippen LogP contribution < -0.4 is 16.0 Å². The van der Waals surface area contributed by atoms with E-state index in [9.17, 15) is 9.59 Å². The molecule has 0 aliphatic carbocycles. The largest absolute Gasteiger partial charge is 0.337 e. The molecule has 3 amide bonds. The number of anilines is 2. The summed E-state index contributed by atoms with van der Waals surface area (Å²) in [5, 5.41) is 8.75. The average Bonchev–Trinajstić information content (AvgIpc) is 2.52. The first-order valence-electron chi connectivity index (χ1n) is 7.30. The summed E-state index contributed by atoms with van der Waals surface area (Å²) in [4.78, 5) is 23.7. The first-order valence-corrected chi connectivity index (χ1v) is 8.47. The fourth-order valence-corrected chi connectivity index (χ4v) is 2.47. The third-order valence-corrected chi connectivity index (χ3v) is 3.97. The Kier molecular flexibility index (Phi) is 6.63. The molecule has 0 saturated carbocycles. The van der Waals surface area contributed by atoms with E-state index >= 15 is 0 Å². The van der Waals surface area contributed by atoms with E-state index in [1.54, 1.807) is 30.3 Å². The molecule has 0 heterocycles. The minimum absolute atomic E-state index is 0.176. The Morgan fingerprint density at radius 3 is 2.46 bits per heavy atom. The quantitative estimate of drug-likeness (QED) is 0.676. The standard InChI is InChI=1S/C17H17BrClN3O2/c1-11-10-13(19)4-7-15(11)22-16(23)8-9-20-17(24)21-14-5-2-12(18)3-6-14/h2-7,10H,8-9H2,1H3,(H,22,23)(H2,20,21,24). The summed E-state index contributed by atoms with van der Waals surface area (Å²) >= 11 is 9.20. The van der Waals surface area contributed by atoms with Crippen LogP contribution in [0.25, 0.3) is 0 Å². The summed E-state index contributed by atoms with van der Waals surface area (Å²) in [6, 6.07) is 12.1. The normalized spacial score (nSPS) is 10.1. The maximum Gasteiger partial charge on any atom is 0.319 e. The number of halogens is 2. The lowest BCUT2D eigenvalue weighted by molar-refractivity contribution is -0.116. The molecule has 0 fully saturated rings. The summed E-state index contributed by atoms with van der Waals surface area (Å²) in [6.45, 7) is 2.10. The molecule has 5 nitrogen and oxygen atoms in total. The molecule has 2 aromatic carbocycles. The van der Waals surface area contributed by atoms with Crippen molar-refractivity contribution in [3.8, 4) is 0 Å². The van der Waals surface area contributed by atoms with E-state index in [-0.39, 0.29) is 24.9 Å². The van der Waals surface area contributed by atoms with Gasteiger partial charge in [0.25, 0.3) is 0 Å². The lowest BCUT2D eigenvalue weighted by Gasteiger charge is -2.10. The highest BCUT2D eigenvalue weighted by molar-refractivity contribution is 9.10. The summed E-state index contributed by atoms with van der Waals surface area (Å²) in [5.74, 6) is -0.177. The summed E-state index contributed by atoms with van der Waals surface area (Å²) in [6.07, 6.45) is 0.176. The van der Waals surface area contributed by atoms with Crippen LogP contribution in [-0.2, 0) is 4.79 Å². The second-order valence-electron chi connectivity index (χ2n) is 5.15. The molecule has 0 aromatic heterocycles. The van der Waals surface area contributed by atoms with Crippen LogP contribution >= 0.6 is 27.5 Å². The number of carbonyl (C=O) groups excluding carboxylic acids is 2. The molecule has 0 atom stereocenters. The van der Waals surface area contributed by atoms with Gasteiger partial charge in [-0.2, -0.15) is 0 Å². The smallest absolute Gasteiger partial charge is 0.319 e. The Hall–Kier alpha value is -2.05. The van der Waals surface area contributed by atoms with Crippen LogP contribution in [0.1, 0.15) is 12.0 Å². The number of rotatable bonds is 5. The molecule has 2 aromatic rings. The Balaban J connectivity index is 1.73. The fourth-order valence-electron chi connectivity index (χ4n) is 1.98. The van der Waals surface area contributed by atoms with Crippen molar-refractivity contribution < 1.29 is 9.59 Å². The van der Waals surface area contributed by atoms with Gasteiger partial charge in [-0.05, 0) is 55.0 Å². The van der Waals surface area contributed by atoms with Gasteiger partial charge in [-0.1, -0.05) is 27.5 Å². The molecular formula is C17H17BrClN3O2. The maximum absolute atomic E-state index is 11.9. The topological polar surface area (TPSA) is 70.2 Å². The molecule has 0 unspecified atom stereocenters. The van der Waals surface area contributed by atoms with E-state index in [1.165, 1.54) is 0 Å². The Morgan fingerprint density at radius 2 is 1.79 bits per heavy atom. The number of hydrogen-bond donors (Lipinski definition) is 3. The van der Waals surface area contributed by atoms with Gasteiger partial charge in [-0.3, -0.25) is 4.79 Å². The first-order chi connectivity index (χ1) is 11.4. The molecule has 0 saturated heterocycles. The Bertz CT molecular complexity index is 735. The second-order valence-corrected chi connectivity index (χ2v) is 6.50. The van der Waals surface area contributed by atoms with Crippen molar-refractivity contribution in [1.82, 2.24) is 5.32 Å². The summed E-state index contributed by atoms with van der Waals surface area (Å²) in [7, 11) is 0. The molecule has 126 valence electrons. The van der Waals surface area contributed by atoms with Crippen molar-refractivity contribution in [2.24, 2.45) is 0 Å². The molecular weight excluding hydrogens is 394 g/mol. The lowest BCUT2D eigenvalue weighted by atomic mass is 10.2. The van der Waals surface area contributed by atoms with Gasteiger partial charge in [0.15, 0.2) is 0 Å². The third-order valence-electron chi connectivity index (χ3n) is 3.20. The molecule has 0 radical (unpaired) electrons. The molecule has 7 heteroatoms. The summed E-state index contributed by atoms with van der Waals surface area (Å²) in [5.41, 5.74) is 2.28. The highest BCUT2D eigenvalue weighted by Crippen LogP contribution is 2.19. The number of aryl methyl sites for hydroxylation is 1. The molecule has 0 bridgehead atoms. The zero-order valence-electron chi connectivity index (χ0n) is 13.0. The molecule has 2 rings (SSSR count). The van der Waals surface area contributed by atoms with E-state index in [0.29, 0.717) is 16.4 Å². The SMILES string of the molecule is Cc1cc(Cl)ccc1NC(=O)CCNC(=O)Nc1ccc(Br)cc1. The Labute approximate surface area is 153 Å². The molecule has 3 N–H and O–H groups in total. The highest BCUT2D eigenvalue weighted by atomic mass is 79.9. The number of carbonyl (C=O) groups is 2. The van der Waals surface area contributed by atoms with Crippen LogP contribution in [-0.4, -0.2) is 18.5 Å². The van der Waals surface area contributed by atoms with Gasteiger partial charge in [0.2, 0.25) is 5.91 Å². The van der Waals surface area contributed by atoms with Crippen LogP contribution in [0.5, 0.6) is 0 Å². The van der Waals surface area contributed by atoms with Gasteiger partial charge < -0.3 is 16.0 Å². The van der Waals surface area contributed by atoms with Crippen molar-refractivity contribution in [2.45, 2.75) is 13.3 Å². The second kappa shape index (κ2) is 8.70. The lowest BCUT2D eigenvalue weighted by Crippen LogP contribution is -2.31. The van der Waals surface area contributed by atoms with Crippen LogP contribution in [0.2, 0.25) is 5.02 Å². The highest BCUT2D eigenvalue weighted by Gasteiger charge is 2.07. The van der Waals surface area contributed by atoms with Gasteiger partial charge in [-0.25, -0.2) is 4.79 Å². The number of benzene rings is 2. The summed E-state index contributed by atoms with van der Waals surface area (Å²) < 4.78 is 0.933. The van der Waals surface area contributed by atoms with Crippen molar-refractivity contribution in [3.63, 3.8) is 0 Å². The minimum atomic E-state index is -0.354. The number of urea groups is 1. The number of nitrogens with one attached hydrogen (secondary N) is 3. The molecule has 0 spiro atoms. The van der Waals surface area contributed by atoms with Crippen LogP contribution in [0.15, 0.2) is 46.9 Å². The predicted molar refractivity (Wildman–Crippen MR) is 101 cm³/mol. The van der Waals surface area contributed by atoms with E-state index in [0.717, 1.165) is 10.0 Å². The third kappa shape index (κ3) is 5.86. The van der Waals surface area contributed by atoms with Gasteiger partial charge in [0, 0.05) is 33.8 Å². The predicted octanol–water partition coefficient (Wildman–Crippen LogP) is 4.56. The van der Waals surface area contributed by atoms with Gasteiger partial charge in [0.1, 0.15) is 0 Å². The van der Waals surface area contributed by atoms with E-state index in [4.69, 9.17) is 11.6 Å². The van der Waals surface area contributed by atoms with Gasteiger partial charge in [0.05, 0.1) is 0 Å². The molecule has 0 aliphatic rings. The minimum Gasteiger partial charge on any atom is -0.337 e. The zero-order chi connectivity index (χ0) is 17.5. The Morgan fingerprint density at radius 1 is 1.08 bits per heavy atom. The van der Waals surface area contributed by atoms with Crippen LogP contribution in [0.3, 0.4) is 0 Å². The monoisotopic (exact) mass is 409 g/mol. The van der Waals surface area contributed by atoms with Crippen molar-refractivity contribution in [1.29, 1.82) is 0 Å². The van der Waals surface area contributed by atoms with Gasteiger partial charge >= 0.3 is 6.03 Å².